The zero-order valence-corrected chi connectivity index (χ0v) is 9.45. The van der Waals surface area contributed by atoms with E-state index >= 15 is 0 Å². The molecule has 0 amide bonds. The second-order valence-corrected chi connectivity index (χ2v) is 0. The first kappa shape index (κ1) is 129. The van der Waals surface area contributed by atoms with Crippen LogP contribution in [0.5, 0.6) is 0 Å². The fraction of sp³-hybridized carbons (Fsp3) is 0. The molecule has 0 aromatic heterocycles. The maximum Gasteiger partial charge on any atom is 2.00 e. The molecular weight excluding hydrogens is 296 g/mol. The molecule has 7 heavy (non-hydrogen) atoms. The summed E-state index contributed by atoms with van der Waals surface area (Å²) in [6.45, 7) is 0. The Morgan fingerprint density at radius 1 is 0.571 bits per heavy atom. The van der Waals surface area contributed by atoms with Gasteiger partial charge in [0.05, 0.1) is 0 Å². The molecule has 0 aromatic carbocycles. The minimum atomic E-state index is 0. The molecule has 0 fully saturated rings. The first-order valence-electron chi connectivity index (χ1n) is 0. The summed E-state index contributed by atoms with van der Waals surface area (Å²) < 4.78 is 0. The van der Waals surface area contributed by atoms with E-state index in [9.17, 15) is 0 Å². The Balaban J connectivity index is 0. The number of rotatable bonds is 0. The van der Waals surface area contributed by atoms with Gasteiger partial charge in [-0.25, -0.2) is 0 Å². The zero-order valence-electron chi connectivity index (χ0n) is 3.24. The number of hydrogen-bond donors (Lipinski definition) is 0. The van der Waals surface area contributed by atoms with Gasteiger partial charge in [0, 0.05) is 21.7 Å². The van der Waals surface area contributed by atoms with E-state index in [1.807, 2.05) is 0 Å². The van der Waals surface area contributed by atoms with Crippen molar-refractivity contribution in [3.8, 4) is 0 Å². The molecule has 0 heterocycles. The molecule has 0 bridgehead atoms. The van der Waals surface area contributed by atoms with Gasteiger partial charge in [0.2, 0.25) is 0 Å². The minimum absolute atomic E-state index is 0. The minimum Gasteiger partial charge on any atom is -0.870 e. The van der Waals surface area contributed by atoms with E-state index in [0.717, 1.165) is 0 Å². The van der Waals surface area contributed by atoms with E-state index in [1.54, 1.807) is 0 Å². The molecule has 0 saturated carbocycles. The van der Waals surface area contributed by atoms with Crippen LogP contribution < -0.4 is 0 Å². The molecule has 0 aliphatic rings. The third-order valence-corrected chi connectivity index (χ3v) is 0. The van der Waals surface area contributed by atoms with Crippen LogP contribution in [0.25, 0.3) is 0 Å². The molecule has 0 rings (SSSR count). The summed E-state index contributed by atoms with van der Waals surface area (Å²) in [6.07, 6.45) is 0. The van der Waals surface area contributed by atoms with E-state index in [1.165, 1.54) is 0 Å². The van der Waals surface area contributed by atoms with Crippen molar-refractivity contribution in [2.45, 2.75) is 0 Å². The van der Waals surface area contributed by atoms with Crippen molar-refractivity contribution in [3.63, 3.8) is 0 Å². The maximum atomic E-state index is 0. The standard InChI is InChI=1S/Nb.4H2O.Ti.Zr/h;4*1H2;;/q+2;;;;;;+2/p-4. The average Bonchev–Trinajstić information content (AvgIpc) is 0. The first-order chi connectivity index (χ1) is 0. The number of hydrogen-bond acceptors (Lipinski definition) is 4. The van der Waals surface area contributed by atoms with Crippen LogP contribution in [-0.2, 0) is 70.3 Å². The van der Waals surface area contributed by atoms with E-state index in [0.29, 0.717) is 0 Å². The normalized spacial score (nSPS) is 0. The summed E-state index contributed by atoms with van der Waals surface area (Å²) in [7, 11) is 0. The fourth-order valence-electron chi connectivity index (χ4n) is 0. The van der Waals surface area contributed by atoms with E-state index in [2.05, 4.69) is 0 Å². The van der Waals surface area contributed by atoms with Crippen LogP contribution in [0.2, 0.25) is 0 Å². The summed E-state index contributed by atoms with van der Waals surface area (Å²) in [5, 5.41) is 0. The smallest absolute Gasteiger partial charge is 0.870 e. The summed E-state index contributed by atoms with van der Waals surface area (Å²) >= 11 is 0. The van der Waals surface area contributed by atoms with Gasteiger partial charge in [-0.1, -0.05) is 0 Å². The molecule has 1 radical (unpaired) electrons. The van der Waals surface area contributed by atoms with Crippen LogP contribution in [0.15, 0.2) is 0 Å². The van der Waals surface area contributed by atoms with Gasteiger partial charge in [-0.05, 0) is 0 Å². The third-order valence-electron chi connectivity index (χ3n) is 0. The zero-order chi connectivity index (χ0) is 0. The molecular formula is H4NbO4TiZr. The van der Waals surface area contributed by atoms with Gasteiger partial charge in [0.15, 0.2) is 0 Å². The second-order valence-electron chi connectivity index (χ2n) is 0. The van der Waals surface area contributed by atoms with Gasteiger partial charge in [-0.15, -0.1) is 0 Å². The summed E-state index contributed by atoms with van der Waals surface area (Å²) in [5.41, 5.74) is 0. The van der Waals surface area contributed by atoms with Crippen molar-refractivity contribution in [1.29, 1.82) is 0 Å². The molecule has 0 aliphatic heterocycles. The predicted molar refractivity (Wildman–Crippen MR) is 7.74 cm³/mol. The van der Waals surface area contributed by atoms with Crippen molar-refractivity contribution in [3.05, 3.63) is 0 Å². The Morgan fingerprint density at radius 3 is 0.571 bits per heavy atom. The Labute approximate surface area is 91.2 Å². The van der Waals surface area contributed by atoms with Crippen LogP contribution in [0.4, 0.5) is 0 Å². The van der Waals surface area contributed by atoms with Crippen molar-refractivity contribution >= 4 is 0 Å². The van der Waals surface area contributed by atoms with Crippen LogP contribution in [0, 0.1) is 0 Å². The van der Waals surface area contributed by atoms with E-state index in [4.69, 9.17) is 0 Å². The van der Waals surface area contributed by atoms with Crippen molar-refractivity contribution in [2.24, 2.45) is 0 Å². The Kier molecular flexibility index (Phi) is 1640. The van der Waals surface area contributed by atoms with E-state index < -0.39 is 0 Å². The molecule has 41 valence electrons. The molecule has 0 aliphatic carbocycles. The van der Waals surface area contributed by atoms with Crippen molar-refractivity contribution in [2.75, 3.05) is 0 Å². The Morgan fingerprint density at radius 2 is 0.571 bits per heavy atom. The van der Waals surface area contributed by atoms with Crippen LogP contribution in [-0.4, -0.2) is 21.9 Å². The molecule has 0 aromatic rings. The van der Waals surface area contributed by atoms with Crippen LogP contribution >= 0.6 is 0 Å². The summed E-state index contributed by atoms with van der Waals surface area (Å²) in [4.78, 5) is 0. The first-order valence-corrected chi connectivity index (χ1v) is 0. The summed E-state index contributed by atoms with van der Waals surface area (Å²) in [5.74, 6) is 0. The Bertz CT molecular complexity index is 11.7. The van der Waals surface area contributed by atoms with Gasteiger partial charge in [0.25, 0.3) is 0 Å². The molecule has 0 atom stereocenters. The van der Waals surface area contributed by atoms with E-state index in [-0.39, 0.29) is 92.2 Å². The molecule has 4 N–H and O–H groups in total. The third kappa shape index (κ3) is 65.8. The van der Waals surface area contributed by atoms with Gasteiger partial charge in [-0.2, -0.15) is 0 Å². The average molecular weight is 300 g/mol. The maximum absolute atomic E-state index is 0. The largest absolute Gasteiger partial charge is 2.00 e. The van der Waals surface area contributed by atoms with Crippen LogP contribution in [0.3, 0.4) is 0 Å². The van der Waals surface area contributed by atoms with Gasteiger partial charge < -0.3 is 21.9 Å². The fourth-order valence-corrected chi connectivity index (χ4v) is 0. The molecule has 0 spiro atoms. The molecule has 0 saturated heterocycles. The molecule has 0 unspecified atom stereocenters. The van der Waals surface area contributed by atoms with Crippen molar-refractivity contribution in [1.82, 2.24) is 0 Å². The SMILES string of the molecule is [Nb+2].[OH-].[OH-].[OH-].[OH-].[Ti].[Zr+2]. The monoisotopic (exact) mass is 299 g/mol. The van der Waals surface area contributed by atoms with Gasteiger partial charge in [-0.3, -0.25) is 0 Å². The van der Waals surface area contributed by atoms with Gasteiger partial charge in [0.1, 0.15) is 0 Å². The quantitative estimate of drug-likeness (QED) is 0.548. The molecule has 4 nitrogen and oxygen atoms in total. The molecule has 7 heteroatoms. The summed E-state index contributed by atoms with van der Waals surface area (Å²) in [6, 6.07) is 0. The van der Waals surface area contributed by atoms with Crippen LogP contribution in [0.1, 0.15) is 0 Å². The topological polar surface area (TPSA) is 120 Å². The van der Waals surface area contributed by atoms with Crippen molar-refractivity contribution < 1.29 is 92.2 Å². The Hall–Kier alpha value is 2.18. The predicted octanol–water partition coefficient (Wildman–Crippen LogP) is -0.715. The van der Waals surface area contributed by atoms with Gasteiger partial charge >= 0.3 is 48.6 Å². The second kappa shape index (κ2) is 88.8.